The van der Waals surface area contributed by atoms with E-state index >= 15 is 0 Å². The van der Waals surface area contributed by atoms with Gasteiger partial charge in [-0.05, 0) is 30.7 Å². The number of anilines is 2. The minimum atomic E-state index is -0.354. The van der Waals surface area contributed by atoms with Crippen LogP contribution < -0.4 is 11.1 Å². The molecule has 2 rings (SSSR count). The lowest BCUT2D eigenvalue weighted by Crippen LogP contribution is -2.15. The third-order valence-corrected chi connectivity index (χ3v) is 3.28. The van der Waals surface area contributed by atoms with Gasteiger partial charge in [0.2, 0.25) is 0 Å². The van der Waals surface area contributed by atoms with Crippen molar-refractivity contribution in [2.75, 3.05) is 11.1 Å². The molecule has 1 aromatic heterocycles. The van der Waals surface area contributed by atoms with Gasteiger partial charge in [-0.1, -0.05) is 29.3 Å². The first-order valence-electron chi connectivity index (χ1n) is 5.46. The van der Waals surface area contributed by atoms with Crippen molar-refractivity contribution in [3.8, 4) is 0 Å². The molecule has 1 heterocycles. The molecule has 0 fully saturated rings. The zero-order valence-electron chi connectivity index (χ0n) is 10.1. The van der Waals surface area contributed by atoms with Gasteiger partial charge in [-0.3, -0.25) is 4.79 Å². The van der Waals surface area contributed by atoms with Gasteiger partial charge in [0, 0.05) is 10.7 Å². The Balaban J connectivity index is 2.31. The van der Waals surface area contributed by atoms with Crippen LogP contribution in [0.2, 0.25) is 10.2 Å². The summed E-state index contributed by atoms with van der Waals surface area (Å²) in [5.74, 6) is -0.354. The number of pyridine rings is 1. The summed E-state index contributed by atoms with van der Waals surface area (Å²) in [6, 6.07) is 6.70. The van der Waals surface area contributed by atoms with Crippen LogP contribution in [0.4, 0.5) is 11.4 Å². The highest BCUT2D eigenvalue weighted by Gasteiger charge is 2.13. The fraction of sp³-hybridized carbons (Fsp3) is 0.0769. The molecule has 98 valence electrons. The number of nitrogen functional groups attached to an aromatic ring is 1. The summed E-state index contributed by atoms with van der Waals surface area (Å²) in [6.45, 7) is 1.82. The van der Waals surface area contributed by atoms with Crippen LogP contribution >= 0.6 is 23.2 Å². The summed E-state index contributed by atoms with van der Waals surface area (Å²) in [4.78, 5) is 15.9. The van der Waals surface area contributed by atoms with Crippen molar-refractivity contribution < 1.29 is 4.79 Å². The van der Waals surface area contributed by atoms with E-state index in [1.54, 1.807) is 18.2 Å². The maximum atomic E-state index is 12.1. The lowest BCUT2D eigenvalue weighted by atomic mass is 10.1. The molecule has 0 saturated carbocycles. The molecule has 0 aliphatic carbocycles. The van der Waals surface area contributed by atoms with E-state index in [1.165, 1.54) is 12.3 Å². The summed E-state index contributed by atoms with van der Waals surface area (Å²) in [5, 5.41) is 3.54. The lowest BCUT2D eigenvalue weighted by molar-refractivity contribution is 0.102. The van der Waals surface area contributed by atoms with Crippen LogP contribution in [0, 0.1) is 6.92 Å². The number of aromatic nitrogens is 1. The molecule has 1 amide bonds. The molecular weight excluding hydrogens is 285 g/mol. The fourth-order valence-electron chi connectivity index (χ4n) is 1.57. The Morgan fingerprint density at radius 3 is 2.84 bits per heavy atom. The number of rotatable bonds is 2. The number of hydrogen-bond acceptors (Lipinski definition) is 3. The van der Waals surface area contributed by atoms with Gasteiger partial charge >= 0.3 is 0 Å². The van der Waals surface area contributed by atoms with Gasteiger partial charge in [-0.15, -0.1) is 0 Å². The quantitative estimate of drug-likeness (QED) is 0.833. The smallest absolute Gasteiger partial charge is 0.257 e. The Morgan fingerprint density at radius 1 is 1.37 bits per heavy atom. The molecule has 0 saturated heterocycles. The lowest BCUT2D eigenvalue weighted by Gasteiger charge is -2.10. The van der Waals surface area contributed by atoms with E-state index in [-0.39, 0.29) is 22.3 Å². The summed E-state index contributed by atoms with van der Waals surface area (Å²) < 4.78 is 0. The number of benzene rings is 1. The molecule has 2 aromatic rings. The third-order valence-electron chi connectivity index (χ3n) is 2.66. The van der Waals surface area contributed by atoms with Crippen LogP contribution in [0.5, 0.6) is 0 Å². The van der Waals surface area contributed by atoms with Crippen molar-refractivity contribution in [3.63, 3.8) is 0 Å². The van der Waals surface area contributed by atoms with E-state index in [0.29, 0.717) is 10.7 Å². The van der Waals surface area contributed by atoms with Crippen molar-refractivity contribution in [3.05, 3.63) is 51.8 Å². The highest BCUT2D eigenvalue weighted by Crippen LogP contribution is 2.24. The monoisotopic (exact) mass is 295 g/mol. The maximum absolute atomic E-state index is 12.1. The van der Waals surface area contributed by atoms with Gasteiger partial charge in [-0.2, -0.15) is 0 Å². The molecule has 0 bridgehead atoms. The zero-order chi connectivity index (χ0) is 14.0. The molecule has 0 aliphatic rings. The van der Waals surface area contributed by atoms with Crippen molar-refractivity contribution in [2.45, 2.75) is 6.92 Å². The van der Waals surface area contributed by atoms with E-state index in [1.807, 2.05) is 6.92 Å². The molecule has 6 heteroatoms. The van der Waals surface area contributed by atoms with E-state index in [9.17, 15) is 4.79 Å². The number of nitrogens with one attached hydrogen (secondary N) is 1. The normalized spacial score (nSPS) is 10.3. The van der Waals surface area contributed by atoms with Crippen molar-refractivity contribution in [1.29, 1.82) is 0 Å². The van der Waals surface area contributed by atoms with Gasteiger partial charge in [-0.25, -0.2) is 4.98 Å². The SMILES string of the molecule is Cc1c(Cl)cccc1NC(=O)c1cc(Cl)ncc1N. The summed E-state index contributed by atoms with van der Waals surface area (Å²) >= 11 is 11.7. The van der Waals surface area contributed by atoms with Gasteiger partial charge in [0.05, 0.1) is 17.4 Å². The maximum Gasteiger partial charge on any atom is 0.257 e. The molecule has 19 heavy (non-hydrogen) atoms. The van der Waals surface area contributed by atoms with Gasteiger partial charge in [0.15, 0.2) is 0 Å². The number of halogens is 2. The second-order valence-electron chi connectivity index (χ2n) is 3.96. The Bertz CT molecular complexity index is 644. The number of amides is 1. The van der Waals surface area contributed by atoms with Crippen LogP contribution in [0.1, 0.15) is 15.9 Å². The van der Waals surface area contributed by atoms with Gasteiger partial charge < -0.3 is 11.1 Å². The number of carbonyl (C=O) groups excluding carboxylic acids is 1. The summed E-state index contributed by atoms with van der Waals surface area (Å²) in [6.07, 6.45) is 1.35. The standard InChI is InChI=1S/C13H11Cl2N3O/c1-7-9(14)3-2-4-11(7)18-13(19)8-5-12(15)17-6-10(8)16/h2-6H,16H2,1H3,(H,18,19). The van der Waals surface area contributed by atoms with E-state index in [4.69, 9.17) is 28.9 Å². The Hall–Kier alpha value is -1.78. The minimum Gasteiger partial charge on any atom is -0.397 e. The van der Waals surface area contributed by atoms with E-state index in [0.717, 1.165) is 5.56 Å². The predicted molar refractivity (Wildman–Crippen MR) is 77.8 cm³/mol. The van der Waals surface area contributed by atoms with Gasteiger partial charge in [0.25, 0.3) is 5.91 Å². The van der Waals surface area contributed by atoms with Crippen LogP contribution in [0.3, 0.4) is 0 Å². The second kappa shape index (κ2) is 5.47. The average molecular weight is 296 g/mol. The molecule has 0 aliphatic heterocycles. The molecule has 3 N–H and O–H groups in total. The molecule has 1 aromatic carbocycles. The summed E-state index contributed by atoms with van der Waals surface area (Å²) in [5.41, 5.74) is 7.66. The number of hydrogen-bond donors (Lipinski definition) is 2. The molecule has 0 radical (unpaired) electrons. The first kappa shape index (κ1) is 13.6. The number of nitrogens with two attached hydrogens (primary N) is 1. The Kier molecular flexibility index (Phi) is 3.93. The number of nitrogens with zero attached hydrogens (tertiary/aromatic N) is 1. The first-order valence-corrected chi connectivity index (χ1v) is 6.22. The largest absolute Gasteiger partial charge is 0.397 e. The van der Waals surface area contributed by atoms with Crippen LogP contribution in [0.15, 0.2) is 30.5 Å². The molecule has 0 unspecified atom stereocenters. The minimum absolute atomic E-state index is 0.210. The molecule has 0 spiro atoms. The predicted octanol–water partition coefficient (Wildman–Crippen LogP) is 3.53. The zero-order valence-corrected chi connectivity index (χ0v) is 11.6. The van der Waals surface area contributed by atoms with E-state index in [2.05, 4.69) is 10.3 Å². The molecular formula is C13H11Cl2N3O. The Labute approximate surface area is 120 Å². The molecule has 4 nitrogen and oxygen atoms in total. The Morgan fingerprint density at radius 2 is 2.11 bits per heavy atom. The molecule has 0 atom stereocenters. The third kappa shape index (κ3) is 2.97. The van der Waals surface area contributed by atoms with Crippen LogP contribution in [-0.4, -0.2) is 10.9 Å². The van der Waals surface area contributed by atoms with Crippen molar-refractivity contribution in [2.24, 2.45) is 0 Å². The first-order chi connectivity index (χ1) is 8.99. The second-order valence-corrected chi connectivity index (χ2v) is 4.76. The van der Waals surface area contributed by atoms with E-state index < -0.39 is 0 Å². The van der Waals surface area contributed by atoms with Crippen LogP contribution in [0.25, 0.3) is 0 Å². The highest BCUT2D eigenvalue weighted by molar-refractivity contribution is 6.32. The number of carbonyl (C=O) groups is 1. The highest BCUT2D eigenvalue weighted by atomic mass is 35.5. The average Bonchev–Trinajstić information content (AvgIpc) is 2.38. The van der Waals surface area contributed by atoms with Crippen molar-refractivity contribution in [1.82, 2.24) is 4.98 Å². The van der Waals surface area contributed by atoms with Crippen LogP contribution in [-0.2, 0) is 0 Å². The summed E-state index contributed by atoms with van der Waals surface area (Å²) in [7, 11) is 0. The van der Waals surface area contributed by atoms with Crippen molar-refractivity contribution >= 4 is 40.5 Å². The fourth-order valence-corrected chi connectivity index (χ4v) is 1.90. The topological polar surface area (TPSA) is 68.0 Å². The van der Waals surface area contributed by atoms with Gasteiger partial charge in [0.1, 0.15) is 5.15 Å².